The fourth-order valence-corrected chi connectivity index (χ4v) is 4.87. The summed E-state index contributed by atoms with van der Waals surface area (Å²) in [6.45, 7) is 5.51. The molecule has 7 nitrogen and oxygen atoms in total. The molecule has 2 rings (SSSR count). The summed E-state index contributed by atoms with van der Waals surface area (Å²) in [5.41, 5.74) is 1.00. The molecule has 0 spiro atoms. The molecule has 9 heteroatoms. The third-order valence-electron chi connectivity index (χ3n) is 4.96. The van der Waals surface area contributed by atoms with Gasteiger partial charge in [-0.15, -0.1) is 24.0 Å². The van der Waals surface area contributed by atoms with Crippen LogP contribution in [-0.2, 0) is 17.3 Å². The molecule has 1 aliphatic carbocycles. The number of aliphatic hydroxyl groups is 1. The minimum atomic E-state index is -0.737. The van der Waals surface area contributed by atoms with Gasteiger partial charge < -0.3 is 25.2 Å². The molecule has 3 atom stereocenters. The Morgan fingerprint density at radius 3 is 2.77 bits per heavy atom. The van der Waals surface area contributed by atoms with Gasteiger partial charge in [-0.3, -0.25) is 4.21 Å². The zero-order valence-electron chi connectivity index (χ0n) is 18.2. The molecule has 1 aromatic carbocycles. The lowest BCUT2D eigenvalue weighted by Gasteiger charge is -2.30. The van der Waals surface area contributed by atoms with Gasteiger partial charge in [0.15, 0.2) is 17.5 Å². The number of guanidine groups is 1. The Labute approximate surface area is 199 Å². The molecular formula is C21H36IN3O4S. The number of halogens is 1. The zero-order valence-corrected chi connectivity index (χ0v) is 21.3. The van der Waals surface area contributed by atoms with Gasteiger partial charge in [0.05, 0.1) is 20.3 Å². The van der Waals surface area contributed by atoms with E-state index in [1.54, 1.807) is 7.11 Å². The molecule has 1 aromatic rings. The third kappa shape index (κ3) is 8.58. The molecule has 0 radical (unpaired) electrons. The molecule has 172 valence electrons. The molecule has 1 fully saturated rings. The summed E-state index contributed by atoms with van der Waals surface area (Å²) in [5, 5.41) is 16.0. The van der Waals surface area contributed by atoms with E-state index >= 15 is 0 Å². The van der Waals surface area contributed by atoms with E-state index in [0.29, 0.717) is 24.1 Å². The van der Waals surface area contributed by atoms with Crippen molar-refractivity contribution in [2.45, 2.75) is 57.4 Å². The molecule has 3 unspecified atom stereocenters. The number of rotatable bonds is 10. The van der Waals surface area contributed by atoms with Crippen molar-refractivity contribution < 1.29 is 18.8 Å². The molecule has 1 saturated carbocycles. The Kier molecular flexibility index (Phi) is 13.3. The topological polar surface area (TPSA) is 92.2 Å². The lowest BCUT2D eigenvalue weighted by Crippen LogP contribution is -2.46. The van der Waals surface area contributed by atoms with Gasteiger partial charge in [0.25, 0.3) is 0 Å². The number of ether oxygens (including phenoxy) is 2. The molecule has 1 aliphatic rings. The monoisotopic (exact) mass is 553 g/mol. The molecule has 0 aliphatic heterocycles. The largest absolute Gasteiger partial charge is 0.493 e. The van der Waals surface area contributed by atoms with E-state index < -0.39 is 10.8 Å². The second-order valence-corrected chi connectivity index (χ2v) is 9.06. The van der Waals surface area contributed by atoms with Crippen LogP contribution in [0, 0.1) is 0 Å². The summed E-state index contributed by atoms with van der Waals surface area (Å²) in [7, 11) is 0.860. The van der Waals surface area contributed by atoms with E-state index in [1.807, 2.05) is 32.0 Å². The highest BCUT2D eigenvalue weighted by Gasteiger charge is 2.26. The summed E-state index contributed by atoms with van der Waals surface area (Å²) in [6, 6.07) is 5.99. The molecule has 30 heavy (non-hydrogen) atoms. The summed E-state index contributed by atoms with van der Waals surface area (Å²) >= 11 is 0. The number of methoxy groups -OCH3 is 1. The van der Waals surface area contributed by atoms with E-state index in [2.05, 4.69) is 10.6 Å². The van der Waals surface area contributed by atoms with Crippen LogP contribution in [-0.4, -0.2) is 59.2 Å². The minimum absolute atomic E-state index is 0. The second-order valence-electron chi connectivity index (χ2n) is 7.05. The van der Waals surface area contributed by atoms with Crippen LogP contribution >= 0.6 is 24.0 Å². The van der Waals surface area contributed by atoms with Crippen LogP contribution in [0.15, 0.2) is 23.2 Å². The summed E-state index contributed by atoms with van der Waals surface area (Å²) in [6.07, 6.45) is 4.15. The highest BCUT2D eigenvalue weighted by Crippen LogP contribution is 2.28. The van der Waals surface area contributed by atoms with Crippen LogP contribution in [0.25, 0.3) is 0 Å². The Bertz CT molecular complexity index is 690. The number of benzene rings is 1. The molecule has 0 saturated heterocycles. The number of nitrogens with one attached hydrogen (secondary N) is 2. The van der Waals surface area contributed by atoms with Crippen LogP contribution in [0.4, 0.5) is 0 Å². The van der Waals surface area contributed by atoms with Crippen LogP contribution in [0.2, 0.25) is 0 Å². The first-order chi connectivity index (χ1) is 14.1. The maximum Gasteiger partial charge on any atom is 0.191 e. The predicted molar refractivity (Wildman–Crippen MR) is 134 cm³/mol. The predicted octanol–water partition coefficient (Wildman–Crippen LogP) is 2.82. The first kappa shape index (κ1) is 27.0. The number of hydrogen-bond donors (Lipinski definition) is 3. The van der Waals surface area contributed by atoms with Crippen LogP contribution in [0.5, 0.6) is 11.5 Å². The first-order valence-corrected chi connectivity index (χ1v) is 11.8. The SMILES string of the molecule is CCNC(=NCc1ccc(OCCO)c(OC)c1)NC1CCCC(S(=O)CC)C1.I. The van der Waals surface area contributed by atoms with Gasteiger partial charge >= 0.3 is 0 Å². The fourth-order valence-electron chi connectivity index (χ4n) is 3.52. The lowest BCUT2D eigenvalue weighted by atomic mass is 9.95. The summed E-state index contributed by atoms with van der Waals surface area (Å²) < 4.78 is 23.1. The standard InChI is InChI=1S/C21H35N3O4S.HI/c1-4-22-21(24-17-7-6-8-18(14-17)29(26)5-2)23-15-16-9-10-19(28-12-11-25)20(13-16)27-3;/h9-10,13,17-18,25H,4-8,11-12,14-15H2,1-3H3,(H2,22,23,24);1H. The fraction of sp³-hybridized carbons (Fsp3) is 0.667. The van der Waals surface area contributed by atoms with Crippen molar-refractivity contribution >= 4 is 40.7 Å². The Morgan fingerprint density at radius 1 is 1.30 bits per heavy atom. The Morgan fingerprint density at radius 2 is 2.10 bits per heavy atom. The van der Waals surface area contributed by atoms with Gasteiger partial charge in [0.1, 0.15) is 6.61 Å². The number of aliphatic hydroxyl groups excluding tert-OH is 1. The minimum Gasteiger partial charge on any atom is -0.493 e. The molecule has 0 bridgehead atoms. The van der Waals surface area contributed by atoms with Crippen LogP contribution in [0.1, 0.15) is 45.1 Å². The average molecular weight is 554 g/mol. The van der Waals surface area contributed by atoms with Crippen molar-refractivity contribution in [1.82, 2.24) is 10.6 Å². The summed E-state index contributed by atoms with van der Waals surface area (Å²) in [4.78, 5) is 4.72. The molecule has 0 aromatic heterocycles. The van der Waals surface area contributed by atoms with E-state index in [-0.39, 0.29) is 42.4 Å². The smallest absolute Gasteiger partial charge is 0.191 e. The van der Waals surface area contributed by atoms with E-state index in [0.717, 1.165) is 49.5 Å². The quantitative estimate of drug-likeness (QED) is 0.235. The lowest BCUT2D eigenvalue weighted by molar-refractivity contribution is 0.196. The maximum atomic E-state index is 12.2. The van der Waals surface area contributed by atoms with E-state index in [1.165, 1.54) is 0 Å². The third-order valence-corrected chi connectivity index (χ3v) is 6.70. The van der Waals surface area contributed by atoms with E-state index in [4.69, 9.17) is 19.6 Å². The Balaban J connectivity index is 0.00000450. The van der Waals surface area contributed by atoms with Gasteiger partial charge in [0, 0.05) is 34.4 Å². The van der Waals surface area contributed by atoms with Crippen molar-refractivity contribution in [2.75, 3.05) is 32.6 Å². The molecular weight excluding hydrogens is 517 g/mol. The van der Waals surface area contributed by atoms with Gasteiger partial charge in [-0.25, -0.2) is 4.99 Å². The van der Waals surface area contributed by atoms with Crippen molar-refractivity contribution in [3.63, 3.8) is 0 Å². The average Bonchev–Trinajstić information content (AvgIpc) is 2.76. The van der Waals surface area contributed by atoms with Gasteiger partial charge in [-0.05, 0) is 43.9 Å². The maximum absolute atomic E-state index is 12.2. The summed E-state index contributed by atoms with van der Waals surface area (Å²) in [5.74, 6) is 2.74. The van der Waals surface area contributed by atoms with Crippen molar-refractivity contribution in [2.24, 2.45) is 4.99 Å². The van der Waals surface area contributed by atoms with Crippen LogP contribution < -0.4 is 20.1 Å². The molecule has 0 heterocycles. The van der Waals surface area contributed by atoms with Crippen molar-refractivity contribution in [3.8, 4) is 11.5 Å². The zero-order chi connectivity index (χ0) is 21.1. The highest BCUT2D eigenvalue weighted by molar-refractivity contribution is 14.0. The van der Waals surface area contributed by atoms with Crippen LogP contribution in [0.3, 0.4) is 0 Å². The van der Waals surface area contributed by atoms with Crippen molar-refractivity contribution in [3.05, 3.63) is 23.8 Å². The van der Waals surface area contributed by atoms with Gasteiger partial charge in [-0.2, -0.15) is 0 Å². The molecule has 3 N–H and O–H groups in total. The van der Waals surface area contributed by atoms with E-state index in [9.17, 15) is 4.21 Å². The first-order valence-electron chi connectivity index (χ1n) is 10.4. The van der Waals surface area contributed by atoms with Gasteiger partial charge in [-0.1, -0.05) is 19.4 Å². The number of nitrogens with zero attached hydrogens (tertiary/aromatic N) is 1. The highest BCUT2D eigenvalue weighted by atomic mass is 127. The van der Waals surface area contributed by atoms with Crippen molar-refractivity contribution in [1.29, 1.82) is 0 Å². The molecule has 0 amide bonds. The normalized spacial score (nSPS) is 20.1. The van der Waals surface area contributed by atoms with Gasteiger partial charge in [0.2, 0.25) is 0 Å². The number of aliphatic imine (C=N–C) groups is 1. The number of hydrogen-bond acceptors (Lipinski definition) is 5. The Hall–Kier alpha value is -1.07. The second kappa shape index (κ2) is 14.9.